The fraction of sp³-hybridized carbons (Fsp3) is 0.596. The second-order valence-corrected chi connectivity index (χ2v) is 18.7. The highest BCUT2D eigenvalue weighted by Crippen LogP contribution is 2.39. The summed E-state index contributed by atoms with van der Waals surface area (Å²) in [6.07, 6.45) is 22.9. The highest BCUT2D eigenvalue weighted by Gasteiger charge is 2.45. The third kappa shape index (κ3) is 13.6. The second-order valence-electron chi connectivity index (χ2n) is 18.7. The molecule has 14 atom stereocenters. The molecule has 0 spiro atoms. The number of aromatic nitrogens is 2. The Morgan fingerprint density at radius 3 is 2.63 bits per heavy atom. The molecule has 8 bridgehead atoms. The van der Waals surface area contributed by atoms with Gasteiger partial charge in [-0.25, -0.2) is 14.8 Å². The van der Waals surface area contributed by atoms with E-state index in [9.17, 15) is 15.0 Å². The summed E-state index contributed by atoms with van der Waals surface area (Å²) in [4.78, 5) is 22.9. The van der Waals surface area contributed by atoms with Crippen molar-refractivity contribution in [3.8, 4) is 12.3 Å². The molecule has 5 aliphatic rings. The lowest BCUT2D eigenvalue weighted by Gasteiger charge is -2.44. The van der Waals surface area contributed by atoms with Gasteiger partial charge in [0.2, 0.25) is 12.2 Å². The molecular weight excluding hydrogens is 861 g/mol. The Kier molecular flexibility index (Phi) is 17.5. The van der Waals surface area contributed by atoms with Crippen LogP contribution in [0.2, 0.25) is 0 Å². The summed E-state index contributed by atoms with van der Waals surface area (Å²) in [6, 6.07) is 0. The number of carbonyl (C=O) groups excluding carboxylic acids is 1. The minimum atomic E-state index is -1.73. The number of allylic oxidation sites excluding steroid dienone is 2. The van der Waals surface area contributed by atoms with Crippen molar-refractivity contribution in [1.82, 2.24) is 9.97 Å². The summed E-state index contributed by atoms with van der Waals surface area (Å²) < 4.78 is 60.8. The Balaban J connectivity index is 1.06. The summed E-state index contributed by atoms with van der Waals surface area (Å²) >= 11 is 0. The number of aliphatic hydroxyl groups is 2. The van der Waals surface area contributed by atoms with Crippen LogP contribution in [0.25, 0.3) is 12.2 Å². The van der Waals surface area contributed by atoms with Gasteiger partial charge in [-0.3, -0.25) is 0 Å². The lowest BCUT2D eigenvalue weighted by Crippen LogP contribution is -2.51. The molecule has 15 nitrogen and oxygen atoms in total. The van der Waals surface area contributed by atoms with E-state index in [1.165, 1.54) is 12.3 Å². The molecule has 7 heterocycles. The fourth-order valence-electron chi connectivity index (χ4n) is 9.81. The van der Waals surface area contributed by atoms with E-state index >= 15 is 0 Å². The molecule has 7 rings (SSSR count). The number of terminal acetylenes is 1. The number of hydrogen-bond acceptors (Lipinski definition) is 15. The van der Waals surface area contributed by atoms with Crippen molar-refractivity contribution in [2.75, 3.05) is 20.8 Å². The standard InChI is InChI=1S/C52H68N2O13/c1-9-12-37(58-7)18-17-31(2)23-43(55)45-26-41(59-8)27-52(57,67-45)28-47-53-36(29-61-47)24-33(4)49-35(6)50-34(5)44(65-49)14-11-15-46-54-42(30-62-46)51-60-20-19-39(64-51)25-40-22-32(3)21-38(63-40)13-10-16-48(56)66-50/h1,10-11,15-18,23-24,29-30,34-35,37-41,43-45,49-51,55,57H,3,12-14,19-22,25-28H2,2,4-8H3/b15-11+,16-10-,18-17+,31-23+,33-24+/t34-,35-,37+,38-,39-,40+,41+,43+,44+,45+,49-,50-,51-,52-/m0/s1. The quantitative estimate of drug-likeness (QED) is 0.0967. The molecule has 5 aliphatic heterocycles. The monoisotopic (exact) mass is 928 g/mol. The zero-order chi connectivity index (χ0) is 47.7. The van der Waals surface area contributed by atoms with Gasteiger partial charge in [0.1, 0.15) is 30.0 Å². The SMILES string of the molecule is C#CC[C@H](/C=C/C(C)=C/[C@@H](O)[C@H]1C[C@@H](OC)C[C@@](O)(Cc2nc(/C=C(\C)[C@@H]3O[C@@H]4C/C=C/c5nc(co5)[C@H]5OCC[C@@H](C[C@H]6CC(=C)C[C@H](C/C=C\C(=O)O[C@@H]([C@H]4C)[C@H]3C)O6)O5)co2)O1)OC. The number of ether oxygens (including phenoxy) is 8. The molecular formula is C52H68N2O13. The highest BCUT2D eigenvalue weighted by molar-refractivity contribution is 5.82. The van der Waals surface area contributed by atoms with Crippen molar-refractivity contribution >= 4 is 18.1 Å². The lowest BCUT2D eigenvalue weighted by atomic mass is 9.79. The first-order chi connectivity index (χ1) is 32.2. The average Bonchev–Trinajstić information content (AvgIpc) is 3.95. The van der Waals surface area contributed by atoms with Crippen molar-refractivity contribution in [2.45, 2.75) is 165 Å². The van der Waals surface area contributed by atoms with Crippen LogP contribution in [0, 0.1) is 24.2 Å². The van der Waals surface area contributed by atoms with E-state index in [1.807, 2.05) is 58.1 Å². The van der Waals surface area contributed by atoms with Gasteiger partial charge in [0.05, 0.1) is 68.0 Å². The summed E-state index contributed by atoms with van der Waals surface area (Å²) in [5.41, 5.74) is 3.80. The molecule has 2 aromatic heterocycles. The van der Waals surface area contributed by atoms with E-state index in [0.29, 0.717) is 62.4 Å². The molecule has 4 saturated heterocycles. The maximum absolute atomic E-state index is 13.5. The maximum Gasteiger partial charge on any atom is 0.330 e. The van der Waals surface area contributed by atoms with E-state index in [0.717, 1.165) is 29.6 Å². The van der Waals surface area contributed by atoms with E-state index in [4.69, 9.17) is 58.1 Å². The molecule has 0 unspecified atom stereocenters. The van der Waals surface area contributed by atoms with Crippen LogP contribution < -0.4 is 0 Å². The molecule has 2 aromatic rings. The van der Waals surface area contributed by atoms with Crippen LogP contribution in [0.5, 0.6) is 0 Å². The van der Waals surface area contributed by atoms with Gasteiger partial charge in [-0.1, -0.05) is 62.0 Å². The summed E-state index contributed by atoms with van der Waals surface area (Å²) in [7, 11) is 3.15. The summed E-state index contributed by atoms with van der Waals surface area (Å²) in [6.45, 7) is 12.7. The smallest absolute Gasteiger partial charge is 0.330 e. The first-order valence-electron chi connectivity index (χ1n) is 23.5. The maximum atomic E-state index is 13.5. The van der Waals surface area contributed by atoms with Crippen molar-refractivity contribution in [2.24, 2.45) is 11.8 Å². The lowest BCUT2D eigenvalue weighted by molar-refractivity contribution is -0.286. The zero-order valence-corrected chi connectivity index (χ0v) is 39.6. The molecule has 15 heteroatoms. The predicted octanol–water partition coefficient (Wildman–Crippen LogP) is 7.71. The van der Waals surface area contributed by atoms with Crippen LogP contribution in [0.4, 0.5) is 0 Å². The minimum absolute atomic E-state index is 0.0612. The van der Waals surface area contributed by atoms with Gasteiger partial charge in [0.15, 0.2) is 11.7 Å². The van der Waals surface area contributed by atoms with E-state index in [-0.39, 0.29) is 61.1 Å². The van der Waals surface area contributed by atoms with E-state index < -0.39 is 48.6 Å². The largest absolute Gasteiger partial charge is 0.458 e. The van der Waals surface area contributed by atoms with Crippen LogP contribution in [-0.4, -0.2) is 114 Å². The number of fused-ring (bicyclic) bond motifs is 9. The molecule has 0 saturated carbocycles. The third-order valence-corrected chi connectivity index (χ3v) is 13.3. The van der Waals surface area contributed by atoms with Gasteiger partial charge in [0, 0.05) is 57.8 Å². The summed E-state index contributed by atoms with van der Waals surface area (Å²) in [5, 5.41) is 23.0. The van der Waals surface area contributed by atoms with E-state index in [1.54, 1.807) is 32.6 Å². The zero-order valence-electron chi connectivity index (χ0n) is 39.6. The van der Waals surface area contributed by atoms with Gasteiger partial charge in [-0.15, -0.1) is 12.3 Å². The van der Waals surface area contributed by atoms with Gasteiger partial charge in [-0.2, -0.15) is 0 Å². The normalized spacial score (nSPS) is 35.5. The minimum Gasteiger partial charge on any atom is -0.458 e. The van der Waals surface area contributed by atoms with Crippen LogP contribution in [0.15, 0.2) is 81.1 Å². The Bertz CT molecular complexity index is 2180. The van der Waals surface area contributed by atoms with Gasteiger partial charge in [-0.05, 0) is 63.7 Å². The Hall–Kier alpha value is -4.47. The number of hydrogen-bond donors (Lipinski definition) is 2. The fourth-order valence-corrected chi connectivity index (χ4v) is 9.81. The number of methoxy groups -OCH3 is 2. The molecule has 4 fully saturated rings. The molecule has 0 aliphatic carbocycles. The van der Waals surface area contributed by atoms with Crippen LogP contribution in [-0.2, 0) is 49.1 Å². The van der Waals surface area contributed by atoms with E-state index in [2.05, 4.69) is 17.5 Å². The first-order valence-corrected chi connectivity index (χ1v) is 23.5. The second kappa shape index (κ2) is 23.2. The van der Waals surface area contributed by atoms with Crippen LogP contribution in [0.1, 0.15) is 115 Å². The number of esters is 1. The predicted molar refractivity (Wildman–Crippen MR) is 247 cm³/mol. The van der Waals surface area contributed by atoms with Crippen LogP contribution >= 0.6 is 0 Å². The Morgan fingerprint density at radius 2 is 1.84 bits per heavy atom. The van der Waals surface area contributed by atoms with Gasteiger partial charge >= 0.3 is 5.97 Å². The van der Waals surface area contributed by atoms with Crippen molar-refractivity contribution < 1.29 is 61.7 Å². The summed E-state index contributed by atoms with van der Waals surface area (Å²) in [5.74, 6) is 0.659. The molecule has 2 N–H and O–H groups in total. The number of carbonyl (C=O) groups is 1. The Morgan fingerprint density at radius 1 is 1.03 bits per heavy atom. The van der Waals surface area contributed by atoms with Crippen molar-refractivity contribution in [3.05, 3.63) is 95.4 Å². The molecule has 0 aromatic carbocycles. The Labute approximate surface area is 394 Å². The number of nitrogens with zero attached hydrogens (tertiary/aromatic N) is 2. The van der Waals surface area contributed by atoms with Crippen molar-refractivity contribution in [3.63, 3.8) is 0 Å². The third-order valence-electron chi connectivity index (χ3n) is 13.3. The molecule has 0 amide bonds. The van der Waals surface area contributed by atoms with Crippen LogP contribution in [0.3, 0.4) is 0 Å². The first kappa shape index (κ1) is 50.4. The van der Waals surface area contributed by atoms with Gasteiger partial charge in [0.25, 0.3) is 0 Å². The highest BCUT2D eigenvalue weighted by atomic mass is 16.7. The molecule has 364 valence electrons. The average molecular weight is 929 g/mol. The molecule has 67 heavy (non-hydrogen) atoms. The number of oxazole rings is 2. The van der Waals surface area contributed by atoms with Gasteiger partial charge < -0.3 is 56.9 Å². The number of aliphatic hydroxyl groups excluding tert-OH is 1. The topological polar surface area (TPSA) is 183 Å². The van der Waals surface area contributed by atoms with Crippen molar-refractivity contribution in [1.29, 1.82) is 0 Å². The molecule has 0 radical (unpaired) electrons. The number of rotatable bonds is 11.